The highest BCUT2D eigenvalue weighted by Crippen LogP contribution is 2.55. The molecule has 0 spiro atoms. The van der Waals surface area contributed by atoms with Crippen LogP contribution < -0.4 is 0 Å². The molecule has 2 aliphatic heterocycles. The predicted molar refractivity (Wildman–Crippen MR) is 97.7 cm³/mol. The van der Waals surface area contributed by atoms with Crippen LogP contribution in [0.15, 0.2) is 30.3 Å². The van der Waals surface area contributed by atoms with Gasteiger partial charge in [-0.3, -0.25) is 0 Å². The fourth-order valence-electron chi connectivity index (χ4n) is 4.85. The topological polar surface area (TPSA) is 12.5 Å². The summed E-state index contributed by atoms with van der Waals surface area (Å²) in [5.74, 6) is 1.83. The number of thioether (sulfide) groups is 1. The zero-order chi connectivity index (χ0) is 15.7. The van der Waals surface area contributed by atoms with E-state index in [0.717, 1.165) is 5.75 Å². The quantitative estimate of drug-likeness (QED) is 0.800. The van der Waals surface area contributed by atoms with Gasteiger partial charge in [0.2, 0.25) is 0 Å². The average Bonchev–Trinajstić information content (AvgIpc) is 3.23. The third-order valence-corrected chi connectivity index (χ3v) is 7.70. The lowest BCUT2D eigenvalue weighted by Crippen LogP contribution is -2.41. The van der Waals surface area contributed by atoms with Crippen molar-refractivity contribution in [3.63, 3.8) is 0 Å². The Kier molecular flexibility index (Phi) is 4.71. The van der Waals surface area contributed by atoms with Crippen LogP contribution in [0.3, 0.4) is 0 Å². The van der Waals surface area contributed by atoms with Gasteiger partial charge in [-0.25, -0.2) is 0 Å². The van der Waals surface area contributed by atoms with Crippen molar-refractivity contribution in [1.82, 2.24) is 4.90 Å². The molecule has 23 heavy (non-hydrogen) atoms. The first kappa shape index (κ1) is 16.0. The summed E-state index contributed by atoms with van der Waals surface area (Å²) >= 11 is 2.10. The fraction of sp³-hybridized carbons (Fsp3) is 0.700. The van der Waals surface area contributed by atoms with Crippen molar-refractivity contribution in [3.8, 4) is 0 Å². The number of rotatable bonds is 3. The smallest absolute Gasteiger partial charge is 0.142 e. The minimum atomic E-state index is -0.0875. The van der Waals surface area contributed by atoms with Gasteiger partial charge in [-0.05, 0) is 44.8 Å². The summed E-state index contributed by atoms with van der Waals surface area (Å²) in [5.41, 5.74) is 1.40. The van der Waals surface area contributed by atoms with Crippen LogP contribution in [0.2, 0.25) is 0 Å². The van der Waals surface area contributed by atoms with Crippen LogP contribution in [-0.2, 0) is 9.67 Å². The Morgan fingerprint density at radius 2 is 1.83 bits per heavy atom. The molecule has 3 fully saturated rings. The maximum atomic E-state index is 6.95. The molecule has 2 saturated heterocycles. The normalized spacial score (nSPS) is 36.6. The van der Waals surface area contributed by atoms with Crippen molar-refractivity contribution in [3.05, 3.63) is 35.9 Å². The third-order valence-electron chi connectivity index (χ3n) is 6.11. The Hall–Kier alpha value is -0.510. The van der Waals surface area contributed by atoms with Crippen LogP contribution in [0.1, 0.15) is 50.5 Å². The molecule has 3 heteroatoms. The van der Waals surface area contributed by atoms with Gasteiger partial charge in [0.15, 0.2) is 0 Å². The molecule has 3 aliphatic rings. The predicted octanol–water partition coefficient (Wildman–Crippen LogP) is 4.65. The van der Waals surface area contributed by atoms with Crippen molar-refractivity contribution in [2.24, 2.45) is 5.92 Å². The summed E-state index contributed by atoms with van der Waals surface area (Å²) in [7, 11) is 2.27. The zero-order valence-electron chi connectivity index (χ0n) is 14.2. The van der Waals surface area contributed by atoms with Crippen LogP contribution in [-0.4, -0.2) is 36.4 Å². The molecular weight excluding hydrogens is 302 g/mol. The van der Waals surface area contributed by atoms with Crippen molar-refractivity contribution in [1.29, 1.82) is 0 Å². The van der Waals surface area contributed by atoms with E-state index in [-0.39, 0.29) is 4.93 Å². The lowest BCUT2D eigenvalue weighted by molar-refractivity contribution is -0.0781. The van der Waals surface area contributed by atoms with Crippen molar-refractivity contribution in [2.45, 2.75) is 62.0 Å². The van der Waals surface area contributed by atoms with E-state index < -0.39 is 0 Å². The van der Waals surface area contributed by atoms with Gasteiger partial charge in [0.05, 0.1) is 6.10 Å². The molecule has 4 rings (SSSR count). The summed E-state index contributed by atoms with van der Waals surface area (Å²) in [4.78, 5) is 2.43. The monoisotopic (exact) mass is 331 g/mol. The van der Waals surface area contributed by atoms with Gasteiger partial charge in [-0.15, -0.1) is 11.8 Å². The number of nitrogens with zero attached hydrogens (tertiary/aromatic N) is 1. The van der Waals surface area contributed by atoms with Crippen molar-refractivity contribution >= 4 is 11.8 Å². The van der Waals surface area contributed by atoms with Crippen LogP contribution in [0.4, 0.5) is 0 Å². The van der Waals surface area contributed by atoms with E-state index in [2.05, 4.69) is 54.0 Å². The van der Waals surface area contributed by atoms with Crippen LogP contribution in [0.25, 0.3) is 0 Å². The molecule has 0 aromatic heterocycles. The van der Waals surface area contributed by atoms with Gasteiger partial charge >= 0.3 is 0 Å². The molecule has 0 amide bonds. The highest BCUT2D eigenvalue weighted by molar-refractivity contribution is 8.00. The second-order valence-electron chi connectivity index (χ2n) is 7.53. The second kappa shape index (κ2) is 6.78. The van der Waals surface area contributed by atoms with Gasteiger partial charge in [0, 0.05) is 17.7 Å². The number of ether oxygens (including phenoxy) is 1. The molecule has 3 atom stereocenters. The average molecular weight is 332 g/mol. The van der Waals surface area contributed by atoms with E-state index >= 15 is 0 Å². The first-order chi connectivity index (χ1) is 11.3. The van der Waals surface area contributed by atoms with E-state index in [1.54, 1.807) is 0 Å². The largest absolute Gasteiger partial charge is 0.354 e. The molecule has 0 radical (unpaired) electrons. The Balaban J connectivity index is 1.62. The van der Waals surface area contributed by atoms with E-state index in [9.17, 15) is 0 Å². The Morgan fingerprint density at radius 3 is 2.52 bits per heavy atom. The van der Waals surface area contributed by atoms with E-state index in [1.807, 2.05) is 0 Å². The zero-order valence-corrected chi connectivity index (χ0v) is 15.1. The Labute approximate surface area is 145 Å². The highest BCUT2D eigenvalue weighted by Gasteiger charge is 2.51. The lowest BCUT2D eigenvalue weighted by Gasteiger charge is -2.40. The Morgan fingerprint density at radius 1 is 1.04 bits per heavy atom. The molecule has 1 aromatic carbocycles. The summed E-state index contributed by atoms with van der Waals surface area (Å²) in [6, 6.07) is 11.7. The molecule has 1 saturated carbocycles. The van der Waals surface area contributed by atoms with Crippen molar-refractivity contribution in [2.75, 3.05) is 19.3 Å². The molecule has 1 aliphatic carbocycles. The van der Waals surface area contributed by atoms with E-state index in [0.29, 0.717) is 18.1 Å². The summed E-state index contributed by atoms with van der Waals surface area (Å²) in [6.07, 6.45) is 9.83. The minimum absolute atomic E-state index is 0.0875. The lowest BCUT2D eigenvalue weighted by atomic mass is 9.82. The van der Waals surface area contributed by atoms with Gasteiger partial charge in [-0.2, -0.15) is 0 Å². The summed E-state index contributed by atoms with van der Waals surface area (Å²) in [5, 5.41) is 0. The van der Waals surface area contributed by atoms with Gasteiger partial charge < -0.3 is 9.64 Å². The van der Waals surface area contributed by atoms with Crippen LogP contribution in [0.5, 0.6) is 0 Å². The van der Waals surface area contributed by atoms with Crippen LogP contribution >= 0.6 is 11.8 Å². The third kappa shape index (κ3) is 2.96. The highest BCUT2D eigenvalue weighted by atomic mass is 32.2. The number of likely N-dealkylation sites (N-methyl/N-ethyl adjacent to an activating group) is 1. The molecule has 126 valence electrons. The number of hydrogen-bond donors (Lipinski definition) is 0. The number of benzene rings is 1. The molecule has 2 unspecified atom stereocenters. The van der Waals surface area contributed by atoms with E-state index in [4.69, 9.17) is 4.74 Å². The van der Waals surface area contributed by atoms with Gasteiger partial charge in [0.1, 0.15) is 4.93 Å². The minimum Gasteiger partial charge on any atom is -0.354 e. The SMILES string of the molecule is CN1CCCC1[C@H]1CSC(c2ccccc2)(C2CCCCC2)O1. The Bertz CT molecular complexity index is 516. The van der Waals surface area contributed by atoms with Crippen LogP contribution in [0, 0.1) is 5.92 Å². The summed E-state index contributed by atoms with van der Waals surface area (Å²) < 4.78 is 6.95. The standard InChI is InChI=1S/C20H29NOS/c1-21-14-8-13-18(21)19-15-23-20(22-19,16-9-4-2-5-10-16)17-11-6-3-7-12-17/h2,4-5,9-10,17-19H,3,6-8,11-15H2,1H3/t18?,19-,20?/m1/s1. The summed E-state index contributed by atoms with van der Waals surface area (Å²) in [6.45, 7) is 1.23. The maximum absolute atomic E-state index is 6.95. The van der Waals surface area contributed by atoms with E-state index in [1.165, 1.54) is 57.1 Å². The molecule has 2 nitrogen and oxygen atoms in total. The van der Waals surface area contributed by atoms with Gasteiger partial charge in [-0.1, -0.05) is 49.6 Å². The molecule has 1 aromatic rings. The second-order valence-corrected chi connectivity index (χ2v) is 8.75. The fourth-order valence-corrected chi connectivity index (χ4v) is 6.52. The number of likely N-dealkylation sites (tertiary alicyclic amines) is 1. The number of hydrogen-bond acceptors (Lipinski definition) is 3. The molecular formula is C20H29NOS. The maximum Gasteiger partial charge on any atom is 0.142 e. The van der Waals surface area contributed by atoms with Crippen molar-refractivity contribution < 1.29 is 4.74 Å². The first-order valence-corrected chi connectivity index (χ1v) is 10.4. The van der Waals surface area contributed by atoms with Gasteiger partial charge in [0.25, 0.3) is 0 Å². The first-order valence-electron chi connectivity index (χ1n) is 9.37. The molecule has 0 N–H and O–H groups in total. The molecule has 0 bridgehead atoms. The molecule has 2 heterocycles.